The number of hydrogen-bond donors (Lipinski definition) is 0. The Balaban J connectivity index is 1.61. The molecule has 0 amide bonds. The van der Waals surface area contributed by atoms with Crippen molar-refractivity contribution in [3.05, 3.63) is 60.7 Å². The molecule has 132 valence electrons. The highest BCUT2D eigenvalue weighted by Gasteiger charge is 2.38. The SMILES string of the molecule is O=P(c1ccccc1)(c1ccccc1)N1CCC(N2CCCC2)CC1. The van der Waals surface area contributed by atoms with E-state index in [-0.39, 0.29) is 0 Å². The molecular weight excluding hydrogens is 327 g/mol. The van der Waals surface area contributed by atoms with Gasteiger partial charge in [0.25, 0.3) is 0 Å². The van der Waals surface area contributed by atoms with Crippen LogP contribution >= 0.6 is 7.29 Å². The van der Waals surface area contributed by atoms with Crippen molar-refractivity contribution in [2.24, 2.45) is 0 Å². The van der Waals surface area contributed by atoms with Crippen LogP contribution in [0.1, 0.15) is 25.7 Å². The molecule has 0 saturated carbocycles. The van der Waals surface area contributed by atoms with Gasteiger partial charge in [-0.2, -0.15) is 0 Å². The minimum absolute atomic E-state index is 0.679. The maximum absolute atomic E-state index is 14.3. The first-order chi connectivity index (χ1) is 12.3. The molecule has 0 aliphatic carbocycles. The monoisotopic (exact) mass is 354 g/mol. The lowest BCUT2D eigenvalue weighted by molar-refractivity contribution is 0.168. The number of nitrogens with zero attached hydrogens (tertiary/aromatic N) is 2. The van der Waals surface area contributed by atoms with E-state index in [9.17, 15) is 4.57 Å². The summed E-state index contributed by atoms with van der Waals surface area (Å²) in [5.74, 6) is 0. The van der Waals surface area contributed by atoms with Crippen LogP contribution in [0.5, 0.6) is 0 Å². The second-order valence-corrected chi connectivity index (χ2v) is 9.93. The number of benzene rings is 2. The van der Waals surface area contributed by atoms with Gasteiger partial charge in [-0.15, -0.1) is 0 Å². The van der Waals surface area contributed by atoms with Gasteiger partial charge in [-0.05, 0) is 63.0 Å². The highest BCUT2D eigenvalue weighted by Crippen LogP contribution is 2.49. The summed E-state index contributed by atoms with van der Waals surface area (Å²) in [7, 11) is -2.74. The molecule has 0 spiro atoms. The number of rotatable bonds is 4. The Hall–Kier alpha value is -1.41. The van der Waals surface area contributed by atoms with E-state index < -0.39 is 7.29 Å². The number of likely N-dealkylation sites (tertiary alicyclic amines) is 1. The zero-order valence-corrected chi connectivity index (χ0v) is 15.7. The van der Waals surface area contributed by atoms with Gasteiger partial charge in [-0.1, -0.05) is 36.4 Å². The topological polar surface area (TPSA) is 23.6 Å². The first kappa shape index (κ1) is 17.0. The fourth-order valence-corrected chi connectivity index (χ4v) is 7.24. The van der Waals surface area contributed by atoms with Gasteiger partial charge in [0.05, 0.1) is 0 Å². The minimum atomic E-state index is -2.74. The zero-order chi connectivity index (χ0) is 17.1. The molecule has 0 aromatic heterocycles. The molecule has 2 aromatic carbocycles. The molecule has 0 unspecified atom stereocenters. The van der Waals surface area contributed by atoms with Crippen LogP contribution in [-0.2, 0) is 4.57 Å². The van der Waals surface area contributed by atoms with Crippen molar-refractivity contribution >= 4 is 17.9 Å². The van der Waals surface area contributed by atoms with Gasteiger partial charge in [-0.3, -0.25) is 4.57 Å². The Kier molecular flexibility index (Phi) is 5.08. The van der Waals surface area contributed by atoms with Gasteiger partial charge in [-0.25, -0.2) is 4.67 Å². The van der Waals surface area contributed by atoms with Crippen LogP contribution in [0.25, 0.3) is 0 Å². The van der Waals surface area contributed by atoms with E-state index in [0.717, 1.165) is 36.5 Å². The minimum Gasteiger partial charge on any atom is -0.300 e. The molecule has 0 atom stereocenters. The summed E-state index contributed by atoms with van der Waals surface area (Å²) in [5.41, 5.74) is 0. The molecule has 0 bridgehead atoms. The van der Waals surface area contributed by atoms with Crippen molar-refractivity contribution < 1.29 is 4.57 Å². The van der Waals surface area contributed by atoms with Crippen molar-refractivity contribution in [1.82, 2.24) is 9.57 Å². The summed E-state index contributed by atoms with van der Waals surface area (Å²) in [4.78, 5) is 2.65. The average Bonchev–Trinajstić information content (AvgIpc) is 3.24. The van der Waals surface area contributed by atoms with Crippen molar-refractivity contribution in [2.45, 2.75) is 31.7 Å². The normalized spacial score (nSPS) is 20.8. The third-order valence-electron chi connectivity index (χ3n) is 5.71. The average molecular weight is 354 g/mol. The van der Waals surface area contributed by atoms with Crippen LogP contribution in [0.15, 0.2) is 60.7 Å². The Labute approximate surface area is 151 Å². The van der Waals surface area contributed by atoms with E-state index in [0.29, 0.717) is 6.04 Å². The highest BCUT2D eigenvalue weighted by atomic mass is 31.2. The molecule has 2 aliphatic rings. The largest absolute Gasteiger partial charge is 0.300 e. The maximum Gasteiger partial charge on any atom is 0.207 e. The molecule has 4 rings (SSSR count). The molecule has 0 N–H and O–H groups in total. The Morgan fingerprint density at radius 1 is 0.720 bits per heavy atom. The molecule has 3 nitrogen and oxygen atoms in total. The zero-order valence-electron chi connectivity index (χ0n) is 14.8. The quantitative estimate of drug-likeness (QED) is 0.786. The van der Waals surface area contributed by atoms with Crippen LogP contribution in [0.2, 0.25) is 0 Å². The van der Waals surface area contributed by atoms with Crippen molar-refractivity contribution in [1.29, 1.82) is 0 Å². The maximum atomic E-state index is 14.3. The lowest BCUT2D eigenvalue weighted by Gasteiger charge is -2.40. The van der Waals surface area contributed by atoms with Gasteiger partial charge in [0.15, 0.2) is 0 Å². The lowest BCUT2D eigenvalue weighted by atomic mass is 10.1. The van der Waals surface area contributed by atoms with E-state index in [2.05, 4.69) is 9.57 Å². The van der Waals surface area contributed by atoms with Crippen molar-refractivity contribution in [2.75, 3.05) is 26.2 Å². The second kappa shape index (κ2) is 7.45. The Morgan fingerprint density at radius 2 is 1.20 bits per heavy atom. The predicted octanol–water partition coefficient (Wildman–Crippen LogP) is 3.48. The van der Waals surface area contributed by atoms with E-state index in [4.69, 9.17) is 0 Å². The summed E-state index contributed by atoms with van der Waals surface area (Å²) in [5, 5.41) is 1.92. The molecule has 4 heteroatoms. The van der Waals surface area contributed by atoms with Gasteiger partial charge in [0, 0.05) is 29.7 Å². The molecule has 2 fully saturated rings. The van der Waals surface area contributed by atoms with Gasteiger partial charge in [0.1, 0.15) is 0 Å². The smallest absolute Gasteiger partial charge is 0.207 e. The van der Waals surface area contributed by atoms with Crippen LogP contribution in [0.4, 0.5) is 0 Å². The summed E-state index contributed by atoms with van der Waals surface area (Å²) < 4.78 is 16.6. The third kappa shape index (κ3) is 3.33. The summed E-state index contributed by atoms with van der Waals surface area (Å²) >= 11 is 0. The van der Waals surface area contributed by atoms with Crippen LogP contribution in [0, 0.1) is 0 Å². The fraction of sp³-hybridized carbons (Fsp3) is 0.429. The van der Waals surface area contributed by atoms with E-state index in [1.54, 1.807) is 0 Å². The number of hydrogen-bond acceptors (Lipinski definition) is 2. The Morgan fingerprint density at radius 3 is 1.68 bits per heavy atom. The first-order valence-corrected chi connectivity index (χ1v) is 11.2. The van der Waals surface area contributed by atoms with Crippen LogP contribution in [-0.4, -0.2) is 41.8 Å². The lowest BCUT2D eigenvalue weighted by Crippen LogP contribution is -2.45. The Bertz CT molecular complexity index is 677. The summed E-state index contributed by atoms with van der Waals surface area (Å²) in [6.45, 7) is 4.34. The first-order valence-electron chi connectivity index (χ1n) is 9.49. The summed E-state index contributed by atoms with van der Waals surface area (Å²) in [6, 6.07) is 20.8. The molecule has 2 heterocycles. The fourth-order valence-electron chi connectivity index (χ4n) is 4.34. The van der Waals surface area contributed by atoms with Crippen LogP contribution < -0.4 is 10.6 Å². The van der Waals surface area contributed by atoms with Crippen molar-refractivity contribution in [3.8, 4) is 0 Å². The standard InChI is InChI=1S/C21H27N2OP/c24-25(20-9-3-1-4-10-20,21-11-5-2-6-12-21)23-17-13-19(14-18-23)22-15-7-8-16-22/h1-6,9-12,19H,7-8,13-18H2. The third-order valence-corrected chi connectivity index (χ3v) is 8.90. The second-order valence-electron chi connectivity index (χ2n) is 7.18. The molecule has 0 radical (unpaired) electrons. The van der Waals surface area contributed by atoms with Crippen molar-refractivity contribution in [3.63, 3.8) is 0 Å². The van der Waals surface area contributed by atoms with E-state index in [1.807, 2.05) is 60.7 Å². The van der Waals surface area contributed by atoms with Gasteiger partial charge >= 0.3 is 0 Å². The number of piperidine rings is 1. The molecule has 2 aliphatic heterocycles. The molecule has 25 heavy (non-hydrogen) atoms. The van der Waals surface area contributed by atoms with E-state index >= 15 is 0 Å². The highest BCUT2D eigenvalue weighted by molar-refractivity contribution is 7.76. The summed E-state index contributed by atoms with van der Waals surface area (Å²) in [6.07, 6.45) is 4.94. The van der Waals surface area contributed by atoms with Gasteiger partial charge < -0.3 is 4.90 Å². The van der Waals surface area contributed by atoms with Gasteiger partial charge in [0.2, 0.25) is 7.29 Å². The van der Waals surface area contributed by atoms with Crippen LogP contribution in [0.3, 0.4) is 0 Å². The molecule has 2 saturated heterocycles. The molecular formula is C21H27N2OP. The predicted molar refractivity (Wildman–Crippen MR) is 105 cm³/mol. The van der Waals surface area contributed by atoms with E-state index in [1.165, 1.54) is 25.9 Å². The molecule has 2 aromatic rings.